The number of carbonyl (C=O) groups excluding carboxylic acids is 1. The summed E-state index contributed by atoms with van der Waals surface area (Å²) in [6, 6.07) is 2.51. The number of nitrogens with two attached hydrogens (primary N) is 2. The predicted molar refractivity (Wildman–Crippen MR) is 76.1 cm³/mol. The van der Waals surface area contributed by atoms with Gasteiger partial charge in [0.1, 0.15) is 5.82 Å². The maximum absolute atomic E-state index is 11.6. The number of hydrogen-bond donors (Lipinski definition) is 2. The van der Waals surface area contributed by atoms with E-state index in [2.05, 4.69) is 9.88 Å². The number of amides is 1. The molecule has 1 aliphatic carbocycles. The van der Waals surface area contributed by atoms with Crippen molar-refractivity contribution in [1.82, 2.24) is 4.98 Å². The van der Waals surface area contributed by atoms with Crippen LogP contribution in [0.5, 0.6) is 0 Å². The van der Waals surface area contributed by atoms with Gasteiger partial charge >= 0.3 is 0 Å². The Labute approximate surface area is 114 Å². The number of primary amides is 1. The summed E-state index contributed by atoms with van der Waals surface area (Å²) in [4.78, 5) is 18.0. The van der Waals surface area contributed by atoms with Gasteiger partial charge in [0.15, 0.2) is 0 Å². The Morgan fingerprint density at radius 3 is 2.58 bits per heavy atom. The van der Waals surface area contributed by atoms with Crippen LogP contribution in [0.3, 0.4) is 0 Å². The van der Waals surface area contributed by atoms with Crippen LogP contribution in [0, 0.1) is 6.92 Å². The molecule has 0 aliphatic heterocycles. The summed E-state index contributed by atoms with van der Waals surface area (Å²) in [7, 11) is 1.98. The van der Waals surface area contributed by atoms with E-state index in [1.807, 2.05) is 20.0 Å². The summed E-state index contributed by atoms with van der Waals surface area (Å²) in [6.45, 7) is 1.88. The number of hydrogen-bond acceptors (Lipinski definition) is 4. The van der Waals surface area contributed by atoms with Crippen molar-refractivity contribution < 1.29 is 4.79 Å². The van der Waals surface area contributed by atoms with Crippen LogP contribution in [0.25, 0.3) is 0 Å². The molecule has 19 heavy (non-hydrogen) atoms. The van der Waals surface area contributed by atoms with Crippen LogP contribution in [-0.4, -0.2) is 30.0 Å². The van der Waals surface area contributed by atoms with Crippen LogP contribution in [0.2, 0.25) is 0 Å². The SMILES string of the molecule is Cc1ccnc(N(C)C2CCC(N)CC2)c1C(N)=O. The topological polar surface area (TPSA) is 85.2 Å². The zero-order chi connectivity index (χ0) is 14.0. The van der Waals surface area contributed by atoms with E-state index in [1.54, 1.807) is 6.20 Å². The maximum atomic E-state index is 11.6. The Balaban J connectivity index is 2.26. The molecule has 0 saturated heterocycles. The summed E-state index contributed by atoms with van der Waals surface area (Å²) in [5, 5.41) is 0. The quantitative estimate of drug-likeness (QED) is 0.857. The molecule has 1 amide bonds. The van der Waals surface area contributed by atoms with E-state index in [-0.39, 0.29) is 0 Å². The van der Waals surface area contributed by atoms with Crippen molar-refractivity contribution in [3.63, 3.8) is 0 Å². The van der Waals surface area contributed by atoms with E-state index in [0.717, 1.165) is 31.2 Å². The molecule has 0 spiro atoms. The minimum absolute atomic E-state index is 0.311. The third-order valence-corrected chi connectivity index (χ3v) is 4.01. The van der Waals surface area contributed by atoms with Gasteiger partial charge < -0.3 is 16.4 Å². The van der Waals surface area contributed by atoms with Gasteiger partial charge in [-0.15, -0.1) is 0 Å². The summed E-state index contributed by atoms with van der Waals surface area (Å²) >= 11 is 0. The lowest BCUT2D eigenvalue weighted by Gasteiger charge is -2.35. The fourth-order valence-electron chi connectivity index (χ4n) is 2.78. The highest BCUT2D eigenvalue weighted by Crippen LogP contribution is 2.27. The molecule has 1 heterocycles. The fourth-order valence-corrected chi connectivity index (χ4v) is 2.78. The maximum Gasteiger partial charge on any atom is 0.252 e. The molecule has 2 rings (SSSR count). The number of aromatic nitrogens is 1. The minimum Gasteiger partial charge on any atom is -0.365 e. The second-order valence-electron chi connectivity index (χ2n) is 5.37. The molecule has 5 heteroatoms. The van der Waals surface area contributed by atoms with Crippen LogP contribution < -0.4 is 16.4 Å². The summed E-state index contributed by atoms with van der Waals surface area (Å²) < 4.78 is 0. The number of nitrogens with zero attached hydrogens (tertiary/aromatic N) is 2. The zero-order valence-electron chi connectivity index (χ0n) is 11.6. The molecule has 0 aromatic carbocycles. The van der Waals surface area contributed by atoms with Crippen molar-refractivity contribution in [2.45, 2.75) is 44.7 Å². The molecule has 1 aliphatic rings. The van der Waals surface area contributed by atoms with Crippen molar-refractivity contribution in [3.8, 4) is 0 Å². The first-order valence-electron chi connectivity index (χ1n) is 6.74. The standard InChI is InChI=1S/C14H22N4O/c1-9-7-8-17-14(12(9)13(16)19)18(2)11-5-3-10(15)4-6-11/h7-8,10-11H,3-6,15H2,1-2H3,(H2,16,19). The van der Waals surface area contributed by atoms with Gasteiger partial charge in [-0.05, 0) is 44.2 Å². The highest BCUT2D eigenvalue weighted by molar-refractivity contribution is 5.99. The highest BCUT2D eigenvalue weighted by Gasteiger charge is 2.25. The number of pyridine rings is 1. The average molecular weight is 262 g/mol. The molecule has 1 aromatic heterocycles. The Morgan fingerprint density at radius 1 is 1.37 bits per heavy atom. The Morgan fingerprint density at radius 2 is 2.00 bits per heavy atom. The Hall–Kier alpha value is -1.62. The van der Waals surface area contributed by atoms with Gasteiger partial charge in [-0.3, -0.25) is 4.79 Å². The van der Waals surface area contributed by atoms with Crippen LogP contribution >= 0.6 is 0 Å². The fraction of sp³-hybridized carbons (Fsp3) is 0.571. The first kappa shape index (κ1) is 13.8. The lowest BCUT2D eigenvalue weighted by Crippen LogP contribution is -2.40. The first-order chi connectivity index (χ1) is 9.00. The Kier molecular flexibility index (Phi) is 4.04. The monoisotopic (exact) mass is 262 g/mol. The number of carbonyl (C=O) groups is 1. The van der Waals surface area contributed by atoms with Gasteiger partial charge in [-0.2, -0.15) is 0 Å². The highest BCUT2D eigenvalue weighted by atomic mass is 16.1. The van der Waals surface area contributed by atoms with E-state index in [9.17, 15) is 4.79 Å². The molecule has 1 aromatic rings. The normalized spacial score (nSPS) is 23.1. The van der Waals surface area contributed by atoms with Gasteiger partial charge in [0.05, 0.1) is 5.56 Å². The van der Waals surface area contributed by atoms with Crippen LogP contribution in [0.1, 0.15) is 41.6 Å². The van der Waals surface area contributed by atoms with Crippen molar-refractivity contribution in [1.29, 1.82) is 0 Å². The molecule has 0 radical (unpaired) electrons. The van der Waals surface area contributed by atoms with E-state index in [1.165, 1.54) is 0 Å². The third-order valence-electron chi connectivity index (χ3n) is 4.01. The van der Waals surface area contributed by atoms with E-state index < -0.39 is 5.91 Å². The van der Waals surface area contributed by atoms with Gasteiger partial charge in [-0.25, -0.2) is 4.98 Å². The molecular formula is C14H22N4O. The third kappa shape index (κ3) is 2.87. The second-order valence-corrected chi connectivity index (χ2v) is 5.37. The largest absolute Gasteiger partial charge is 0.365 e. The minimum atomic E-state index is -0.417. The van der Waals surface area contributed by atoms with Gasteiger partial charge in [0, 0.05) is 25.3 Å². The van der Waals surface area contributed by atoms with E-state index >= 15 is 0 Å². The summed E-state index contributed by atoms with van der Waals surface area (Å²) in [5.41, 5.74) is 12.8. The molecule has 1 fully saturated rings. The van der Waals surface area contributed by atoms with Crippen molar-refractivity contribution in [2.75, 3.05) is 11.9 Å². The molecule has 0 unspecified atom stereocenters. The smallest absolute Gasteiger partial charge is 0.252 e. The average Bonchev–Trinajstić information content (AvgIpc) is 2.38. The number of anilines is 1. The molecule has 0 bridgehead atoms. The van der Waals surface area contributed by atoms with Crippen molar-refractivity contribution in [3.05, 3.63) is 23.4 Å². The van der Waals surface area contributed by atoms with Gasteiger partial charge in [-0.1, -0.05) is 0 Å². The molecule has 4 N–H and O–H groups in total. The van der Waals surface area contributed by atoms with Crippen LogP contribution in [-0.2, 0) is 0 Å². The van der Waals surface area contributed by atoms with Crippen molar-refractivity contribution >= 4 is 11.7 Å². The van der Waals surface area contributed by atoms with Crippen molar-refractivity contribution in [2.24, 2.45) is 11.5 Å². The zero-order valence-corrected chi connectivity index (χ0v) is 11.6. The summed E-state index contributed by atoms with van der Waals surface area (Å²) in [6.07, 6.45) is 5.83. The van der Waals surface area contributed by atoms with E-state index in [4.69, 9.17) is 11.5 Å². The summed E-state index contributed by atoms with van der Waals surface area (Å²) in [5.74, 6) is 0.271. The molecular weight excluding hydrogens is 240 g/mol. The van der Waals surface area contributed by atoms with E-state index in [0.29, 0.717) is 23.5 Å². The van der Waals surface area contributed by atoms with Gasteiger partial charge in [0.25, 0.3) is 5.91 Å². The number of aryl methyl sites for hydroxylation is 1. The van der Waals surface area contributed by atoms with Gasteiger partial charge in [0.2, 0.25) is 0 Å². The van der Waals surface area contributed by atoms with Crippen LogP contribution in [0.4, 0.5) is 5.82 Å². The molecule has 5 nitrogen and oxygen atoms in total. The lowest BCUT2D eigenvalue weighted by atomic mass is 9.90. The Bertz CT molecular complexity index is 467. The molecule has 104 valence electrons. The molecule has 0 atom stereocenters. The predicted octanol–water partition coefficient (Wildman–Crippen LogP) is 1.20. The molecule has 1 saturated carbocycles. The lowest BCUT2D eigenvalue weighted by molar-refractivity contribution is 0.0999. The number of rotatable bonds is 3. The second kappa shape index (κ2) is 5.57. The van der Waals surface area contributed by atoms with Crippen LogP contribution in [0.15, 0.2) is 12.3 Å². The first-order valence-corrected chi connectivity index (χ1v) is 6.74.